The molecule has 5 rings (SSSR count). The highest BCUT2D eigenvalue weighted by Crippen LogP contribution is 2.56. The lowest BCUT2D eigenvalue weighted by Crippen LogP contribution is -2.56. The van der Waals surface area contributed by atoms with Gasteiger partial charge in [-0.05, 0) is 56.5 Å². The van der Waals surface area contributed by atoms with Crippen molar-refractivity contribution in [2.75, 3.05) is 18.8 Å². The normalized spacial score (nSPS) is 21.9. The van der Waals surface area contributed by atoms with Crippen molar-refractivity contribution in [1.29, 1.82) is 0 Å². The molecule has 3 heterocycles. The molecule has 0 bridgehead atoms. The summed E-state index contributed by atoms with van der Waals surface area (Å²) >= 11 is 7.74. The molecule has 1 aromatic carbocycles. The number of anilines is 1. The van der Waals surface area contributed by atoms with Crippen molar-refractivity contribution < 1.29 is 0 Å². The summed E-state index contributed by atoms with van der Waals surface area (Å²) in [5.74, 6) is 0.310. The molecule has 0 radical (unpaired) electrons. The van der Waals surface area contributed by atoms with E-state index in [9.17, 15) is 0 Å². The summed E-state index contributed by atoms with van der Waals surface area (Å²) in [5.41, 5.74) is 16.7. The average molecular weight is 453 g/mol. The minimum absolute atomic E-state index is 0.0567. The number of nitrogens with one attached hydrogen (secondary N) is 1. The number of halogens is 1. The summed E-state index contributed by atoms with van der Waals surface area (Å²) in [6.07, 6.45) is 6.45. The van der Waals surface area contributed by atoms with Crippen molar-refractivity contribution in [3.8, 4) is 0 Å². The van der Waals surface area contributed by atoms with Gasteiger partial charge in [0.15, 0.2) is 0 Å². The minimum Gasteiger partial charge on any atom is -0.382 e. The molecule has 1 aliphatic carbocycles. The Bertz CT molecular complexity index is 1150. The van der Waals surface area contributed by atoms with E-state index >= 15 is 0 Å². The van der Waals surface area contributed by atoms with Crippen LogP contribution in [-0.2, 0) is 12.0 Å². The van der Waals surface area contributed by atoms with Crippen molar-refractivity contribution >= 4 is 29.2 Å². The van der Waals surface area contributed by atoms with Gasteiger partial charge in [-0.1, -0.05) is 47.6 Å². The Morgan fingerprint density at radius 3 is 2.68 bits per heavy atom. The monoisotopic (exact) mass is 452 g/mol. The first-order valence-electron chi connectivity index (χ1n) is 10.4. The summed E-state index contributed by atoms with van der Waals surface area (Å²) in [6.45, 7) is 3.93. The van der Waals surface area contributed by atoms with Gasteiger partial charge in [0, 0.05) is 16.5 Å². The lowest BCUT2D eigenvalue weighted by molar-refractivity contribution is 0.116. The lowest BCUT2D eigenvalue weighted by Gasteiger charge is -2.46. The maximum absolute atomic E-state index is 7.37. The number of nitrogens with zero attached hydrogens (tertiary/aromatic N) is 3. The predicted molar refractivity (Wildman–Crippen MR) is 124 cm³/mol. The van der Waals surface area contributed by atoms with Crippen molar-refractivity contribution in [2.45, 2.75) is 41.6 Å². The Morgan fingerprint density at radius 1 is 1.13 bits per heavy atom. The molecule has 2 aliphatic rings. The van der Waals surface area contributed by atoms with Crippen LogP contribution in [0.4, 0.5) is 5.82 Å². The summed E-state index contributed by atoms with van der Waals surface area (Å²) in [4.78, 5) is 14.6. The molecule has 1 aliphatic heterocycles. The third kappa shape index (κ3) is 3.22. The van der Waals surface area contributed by atoms with Crippen LogP contribution in [0.1, 0.15) is 35.4 Å². The maximum Gasteiger partial charge on any atom is 0.143 e. The molecule has 0 unspecified atom stereocenters. The zero-order chi connectivity index (χ0) is 21.6. The minimum atomic E-state index is -0.662. The molecule has 1 saturated heterocycles. The van der Waals surface area contributed by atoms with Gasteiger partial charge >= 0.3 is 0 Å². The van der Waals surface area contributed by atoms with Crippen LogP contribution in [0.15, 0.2) is 52.6 Å². The van der Waals surface area contributed by atoms with Crippen molar-refractivity contribution in [2.24, 2.45) is 11.1 Å². The third-order valence-electron chi connectivity index (χ3n) is 6.76. The molecule has 6 nitrogen and oxygen atoms in total. The number of piperidine rings is 1. The van der Waals surface area contributed by atoms with Crippen molar-refractivity contribution in [3.63, 3.8) is 0 Å². The van der Waals surface area contributed by atoms with Gasteiger partial charge in [0.2, 0.25) is 0 Å². The summed E-state index contributed by atoms with van der Waals surface area (Å²) in [7, 11) is 0. The number of fused-ring (bicyclic) bond motifs is 1. The van der Waals surface area contributed by atoms with E-state index in [1.54, 1.807) is 12.4 Å². The number of aromatic nitrogens is 3. The number of nitrogen functional groups attached to an aromatic ring is 1. The predicted octanol–water partition coefficient (Wildman–Crippen LogP) is 3.70. The fourth-order valence-corrected chi connectivity index (χ4v) is 6.30. The molecule has 0 saturated carbocycles. The summed E-state index contributed by atoms with van der Waals surface area (Å²) in [5, 5.41) is 4.68. The number of aryl methyl sites for hydroxylation is 1. The maximum atomic E-state index is 7.37. The quantitative estimate of drug-likeness (QED) is 0.556. The molecule has 0 amide bonds. The number of rotatable bonds is 3. The Balaban J connectivity index is 1.57. The molecule has 1 spiro atoms. The Kier molecular flexibility index (Phi) is 5.17. The van der Waals surface area contributed by atoms with E-state index in [2.05, 4.69) is 34.6 Å². The molecule has 5 N–H and O–H groups in total. The van der Waals surface area contributed by atoms with E-state index in [-0.39, 0.29) is 5.41 Å². The second-order valence-corrected chi connectivity index (χ2v) is 9.87. The number of hydrogen-bond acceptors (Lipinski definition) is 7. The van der Waals surface area contributed by atoms with Gasteiger partial charge in [0.25, 0.3) is 0 Å². The van der Waals surface area contributed by atoms with E-state index in [1.807, 2.05) is 13.0 Å². The average Bonchev–Trinajstić information content (AvgIpc) is 3.00. The molecule has 8 heteroatoms. The number of hydrogen-bond donors (Lipinski definition) is 3. The van der Waals surface area contributed by atoms with Crippen molar-refractivity contribution in [1.82, 2.24) is 20.3 Å². The van der Waals surface area contributed by atoms with Crippen LogP contribution >= 0.6 is 23.4 Å². The summed E-state index contributed by atoms with van der Waals surface area (Å²) in [6, 6.07) is 10.4. The zero-order valence-corrected chi connectivity index (χ0v) is 18.9. The van der Waals surface area contributed by atoms with E-state index in [0.29, 0.717) is 10.8 Å². The fraction of sp³-hybridized carbons (Fsp3) is 0.348. The first-order valence-corrected chi connectivity index (χ1v) is 11.6. The van der Waals surface area contributed by atoms with Crippen LogP contribution < -0.4 is 16.8 Å². The Labute approximate surface area is 191 Å². The third-order valence-corrected chi connectivity index (χ3v) is 8.24. The van der Waals surface area contributed by atoms with E-state index in [1.165, 1.54) is 22.9 Å². The van der Waals surface area contributed by atoms with Crippen LogP contribution in [0.25, 0.3) is 0 Å². The first-order chi connectivity index (χ1) is 14.9. The smallest absolute Gasteiger partial charge is 0.143 e. The summed E-state index contributed by atoms with van der Waals surface area (Å²) < 4.78 is 0. The van der Waals surface area contributed by atoms with Gasteiger partial charge in [-0.25, -0.2) is 9.97 Å². The van der Waals surface area contributed by atoms with E-state index in [0.717, 1.165) is 53.7 Å². The molecular weight excluding hydrogens is 428 g/mol. The van der Waals surface area contributed by atoms with Crippen LogP contribution in [-0.4, -0.2) is 28.0 Å². The van der Waals surface area contributed by atoms with Crippen molar-refractivity contribution in [3.05, 3.63) is 70.3 Å². The van der Waals surface area contributed by atoms with Crippen LogP contribution in [0.2, 0.25) is 5.02 Å². The van der Waals surface area contributed by atoms with Gasteiger partial charge < -0.3 is 16.8 Å². The number of benzene rings is 1. The number of nitrogens with two attached hydrogens (primary N) is 2. The standard InChI is InChI=1S/C23H25ClN6S/c1-14-20(29-13-18(30-14)31-17-6-9-28-21(25)19(17)24)23(26)16-5-3-2-4-15(16)12-22(23)7-10-27-11-8-22/h2-6,9,13,27H,7-8,10-12,26H2,1H3,(H2,25,28)/t23-/m0/s1. The number of pyridine rings is 1. The molecule has 3 aromatic rings. The highest BCUT2D eigenvalue weighted by molar-refractivity contribution is 7.99. The van der Waals surface area contributed by atoms with Crippen LogP contribution in [0, 0.1) is 12.3 Å². The molecule has 1 fully saturated rings. The zero-order valence-electron chi connectivity index (χ0n) is 17.4. The highest BCUT2D eigenvalue weighted by Gasteiger charge is 2.57. The second kappa shape index (κ2) is 7.74. The van der Waals surface area contributed by atoms with Gasteiger partial charge in [0.1, 0.15) is 10.8 Å². The molecule has 1 atom stereocenters. The van der Waals surface area contributed by atoms with Gasteiger partial charge in [-0.3, -0.25) is 4.98 Å². The van der Waals surface area contributed by atoms with Gasteiger partial charge in [-0.15, -0.1) is 0 Å². The molecular formula is C23H25ClN6S. The largest absolute Gasteiger partial charge is 0.382 e. The second-order valence-electron chi connectivity index (χ2n) is 8.42. The molecule has 31 heavy (non-hydrogen) atoms. The van der Waals surface area contributed by atoms with Gasteiger partial charge in [-0.2, -0.15) is 0 Å². The molecule has 2 aromatic heterocycles. The fourth-order valence-electron chi connectivity index (χ4n) is 5.23. The van der Waals surface area contributed by atoms with Gasteiger partial charge in [0.05, 0.1) is 28.1 Å². The molecule has 160 valence electrons. The Morgan fingerprint density at radius 2 is 1.90 bits per heavy atom. The van der Waals surface area contributed by atoms with Crippen LogP contribution in [0.5, 0.6) is 0 Å². The highest BCUT2D eigenvalue weighted by atomic mass is 35.5. The van der Waals surface area contributed by atoms with E-state index in [4.69, 9.17) is 33.0 Å². The van der Waals surface area contributed by atoms with E-state index < -0.39 is 5.54 Å². The Hall–Kier alpha value is -2.19. The topological polar surface area (TPSA) is 103 Å². The van der Waals surface area contributed by atoms with Crippen LogP contribution in [0.3, 0.4) is 0 Å². The first kappa shape index (κ1) is 20.7. The SMILES string of the molecule is Cc1nc(Sc2ccnc(N)c2Cl)cnc1[C@@]1(N)c2ccccc2CC12CCNCC2. The lowest BCUT2D eigenvalue weighted by atomic mass is 9.63.